The number of hydrogen-bond acceptors (Lipinski definition) is 6. The van der Waals surface area contributed by atoms with Gasteiger partial charge < -0.3 is 15.2 Å². The Kier molecular flexibility index (Phi) is 4.85. The minimum atomic E-state index is -4.79. The zero-order valence-corrected chi connectivity index (χ0v) is 14.1. The third-order valence-corrected chi connectivity index (χ3v) is 3.62. The Hall–Kier alpha value is -3.36. The molecule has 0 atom stereocenters. The molecule has 0 bridgehead atoms. The van der Waals surface area contributed by atoms with Crippen LogP contribution in [-0.4, -0.2) is 28.9 Å². The highest BCUT2D eigenvalue weighted by Crippen LogP contribution is 2.30. The van der Waals surface area contributed by atoms with Crippen molar-refractivity contribution in [2.24, 2.45) is 0 Å². The van der Waals surface area contributed by atoms with Crippen LogP contribution in [0, 0.1) is 0 Å². The van der Waals surface area contributed by atoms with E-state index in [1.807, 2.05) is 0 Å². The molecule has 6 nitrogen and oxygen atoms in total. The van der Waals surface area contributed by atoms with Crippen LogP contribution < -0.4 is 10.5 Å². The summed E-state index contributed by atoms with van der Waals surface area (Å²) in [5, 5.41) is 0.437. The van der Waals surface area contributed by atoms with Crippen LogP contribution in [-0.2, 0) is 4.74 Å². The Bertz CT molecular complexity index is 1010. The van der Waals surface area contributed by atoms with E-state index in [9.17, 15) is 18.0 Å². The lowest BCUT2D eigenvalue weighted by Crippen LogP contribution is -2.17. The first-order valence-electron chi connectivity index (χ1n) is 7.87. The molecule has 3 rings (SSSR count). The molecule has 2 N–H and O–H groups in total. The molecule has 140 valence electrons. The molecular weight excluding hydrogens is 363 g/mol. The number of benzene rings is 1. The van der Waals surface area contributed by atoms with Crippen molar-refractivity contribution in [3.8, 4) is 17.0 Å². The van der Waals surface area contributed by atoms with Gasteiger partial charge in [-0.2, -0.15) is 0 Å². The fourth-order valence-electron chi connectivity index (χ4n) is 2.52. The van der Waals surface area contributed by atoms with Gasteiger partial charge in [0, 0.05) is 17.1 Å². The summed E-state index contributed by atoms with van der Waals surface area (Å²) in [7, 11) is 0. The maximum absolute atomic E-state index is 12.4. The van der Waals surface area contributed by atoms with Gasteiger partial charge in [-0.3, -0.25) is 0 Å². The van der Waals surface area contributed by atoms with Gasteiger partial charge in [-0.15, -0.1) is 13.2 Å². The maximum Gasteiger partial charge on any atom is 0.573 e. The fraction of sp³-hybridized carbons (Fsp3) is 0.167. The molecule has 0 saturated carbocycles. The van der Waals surface area contributed by atoms with E-state index in [1.165, 1.54) is 24.4 Å². The standard InChI is InChI=1S/C18H14F3N3O3/c1-2-26-17(25)13-9-23-16(22)15-12(13)6-7-14(24-15)10-4-3-5-11(8-10)27-18(19,20)21/h3-9H,2H2,1H3,(H2,22,23). The van der Waals surface area contributed by atoms with Crippen molar-refractivity contribution in [1.29, 1.82) is 0 Å². The lowest BCUT2D eigenvalue weighted by Gasteiger charge is -2.11. The lowest BCUT2D eigenvalue weighted by atomic mass is 10.1. The number of nitrogens with two attached hydrogens (primary N) is 1. The molecule has 2 aromatic heterocycles. The molecule has 2 heterocycles. The van der Waals surface area contributed by atoms with Crippen LogP contribution in [0.1, 0.15) is 17.3 Å². The molecule has 0 radical (unpaired) electrons. The number of anilines is 1. The van der Waals surface area contributed by atoms with Crippen molar-refractivity contribution >= 4 is 22.7 Å². The smallest absolute Gasteiger partial charge is 0.462 e. The van der Waals surface area contributed by atoms with Crippen molar-refractivity contribution in [3.63, 3.8) is 0 Å². The summed E-state index contributed by atoms with van der Waals surface area (Å²) in [6.07, 6.45) is -3.49. The quantitative estimate of drug-likeness (QED) is 0.693. The van der Waals surface area contributed by atoms with Crippen molar-refractivity contribution in [1.82, 2.24) is 9.97 Å². The summed E-state index contributed by atoms with van der Waals surface area (Å²) in [6.45, 7) is 1.87. The predicted molar refractivity (Wildman–Crippen MR) is 92.0 cm³/mol. The van der Waals surface area contributed by atoms with Crippen LogP contribution >= 0.6 is 0 Å². The number of halogens is 3. The molecule has 0 aliphatic rings. The topological polar surface area (TPSA) is 87.3 Å². The van der Waals surface area contributed by atoms with Gasteiger partial charge in [-0.05, 0) is 31.2 Å². The molecule has 0 aliphatic carbocycles. The normalized spacial score (nSPS) is 11.4. The van der Waals surface area contributed by atoms with Gasteiger partial charge in [0.15, 0.2) is 0 Å². The number of hydrogen-bond donors (Lipinski definition) is 1. The second kappa shape index (κ2) is 7.10. The number of nitrogen functional groups attached to an aromatic ring is 1. The average molecular weight is 377 g/mol. The molecule has 9 heteroatoms. The van der Waals surface area contributed by atoms with Crippen LogP contribution in [0.3, 0.4) is 0 Å². The number of rotatable bonds is 4. The van der Waals surface area contributed by atoms with E-state index in [0.29, 0.717) is 16.6 Å². The largest absolute Gasteiger partial charge is 0.573 e. The van der Waals surface area contributed by atoms with Gasteiger partial charge in [-0.25, -0.2) is 14.8 Å². The van der Waals surface area contributed by atoms with E-state index in [1.54, 1.807) is 25.1 Å². The van der Waals surface area contributed by atoms with Gasteiger partial charge in [0.25, 0.3) is 0 Å². The van der Waals surface area contributed by atoms with Crippen molar-refractivity contribution < 1.29 is 27.4 Å². The molecular formula is C18H14F3N3O3. The number of alkyl halides is 3. The lowest BCUT2D eigenvalue weighted by molar-refractivity contribution is -0.274. The Morgan fingerprint density at radius 1 is 1.22 bits per heavy atom. The molecule has 0 fully saturated rings. The number of ether oxygens (including phenoxy) is 2. The van der Waals surface area contributed by atoms with E-state index >= 15 is 0 Å². The van der Waals surface area contributed by atoms with E-state index in [2.05, 4.69) is 14.7 Å². The van der Waals surface area contributed by atoms with E-state index in [4.69, 9.17) is 10.5 Å². The van der Waals surface area contributed by atoms with E-state index in [-0.39, 0.29) is 29.3 Å². The number of carbonyl (C=O) groups excluding carboxylic acids is 1. The zero-order chi connectivity index (χ0) is 19.6. The molecule has 27 heavy (non-hydrogen) atoms. The zero-order valence-electron chi connectivity index (χ0n) is 14.1. The molecule has 0 spiro atoms. The monoisotopic (exact) mass is 377 g/mol. The highest BCUT2D eigenvalue weighted by atomic mass is 19.4. The summed E-state index contributed by atoms with van der Waals surface area (Å²) in [5.74, 6) is -0.846. The van der Waals surface area contributed by atoms with Gasteiger partial charge in [0.2, 0.25) is 0 Å². The molecule has 1 aromatic carbocycles. The first kappa shape index (κ1) is 18.4. The SMILES string of the molecule is CCOC(=O)c1cnc(N)c2nc(-c3cccc(OC(F)(F)F)c3)ccc12. The maximum atomic E-state index is 12.4. The Morgan fingerprint density at radius 2 is 2.00 bits per heavy atom. The molecule has 0 unspecified atom stereocenters. The summed E-state index contributed by atoms with van der Waals surface area (Å²) in [5.41, 5.74) is 7.05. The summed E-state index contributed by atoms with van der Waals surface area (Å²) in [6, 6.07) is 8.55. The van der Waals surface area contributed by atoms with Crippen molar-refractivity contribution in [3.05, 3.63) is 48.2 Å². The summed E-state index contributed by atoms with van der Waals surface area (Å²) >= 11 is 0. The molecule has 0 amide bonds. The number of nitrogens with zero attached hydrogens (tertiary/aromatic N) is 2. The first-order valence-corrected chi connectivity index (χ1v) is 7.87. The molecule has 3 aromatic rings. The highest BCUT2D eigenvalue weighted by molar-refractivity contribution is 6.06. The van der Waals surface area contributed by atoms with Crippen LogP contribution in [0.15, 0.2) is 42.6 Å². The number of fused-ring (bicyclic) bond motifs is 1. The number of aromatic nitrogens is 2. The van der Waals surface area contributed by atoms with Crippen molar-refractivity contribution in [2.45, 2.75) is 13.3 Å². The summed E-state index contributed by atoms with van der Waals surface area (Å²) in [4.78, 5) is 20.4. The van der Waals surface area contributed by atoms with Crippen molar-refractivity contribution in [2.75, 3.05) is 12.3 Å². The third kappa shape index (κ3) is 4.08. The molecule has 0 aliphatic heterocycles. The van der Waals surface area contributed by atoms with Crippen LogP contribution in [0.4, 0.5) is 19.0 Å². The Labute approximate surface area is 151 Å². The van der Waals surface area contributed by atoms with Gasteiger partial charge in [-0.1, -0.05) is 12.1 Å². The predicted octanol–water partition coefficient (Wildman–Crippen LogP) is 3.95. The summed E-state index contributed by atoms with van der Waals surface area (Å²) < 4.78 is 46.1. The first-order chi connectivity index (χ1) is 12.8. The Balaban J connectivity index is 2.06. The third-order valence-electron chi connectivity index (χ3n) is 3.62. The fourth-order valence-corrected chi connectivity index (χ4v) is 2.52. The number of carbonyl (C=O) groups is 1. The van der Waals surface area contributed by atoms with Gasteiger partial charge >= 0.3 is 12.3 Å². The number of pyridine rings is 2. The minimum Gasteiger partial charge on any atom is -0.462 e. The van der Waals surface area contributed by atoms with E-state index in [0.717, 1.165) is 0 Å². The Morgan fingerprint density at radius 3 is 2.70 bits per heavy atom. The second-order valence-electron chi connectivity index (χ2n) is 5.45. The molecule has 0 saturated heterocycles. The van der Waals surface area contributed by atoms with Crippen LogP contribution in [0.2, 0.25) is 0 Å². The average Bonchev–Trinajstić information content (AvgIpc) is 2.61. The van der Waals surface area contributed by atoms with E-state index < -0.39 is 12.3 Å². The second-order valence-corrected chi connectivity index (χ2v) is 5.45. The van der Waals surface area contributed by atoms with Gasteiger partial charge in [0.1, 0.15) is 17.1 Å². The minimum absolute atomic E-state index is 0.0857. The highest BCUT2D eigenvalue weighted by Gasteiger charge is 2.31. The van der Waals surface area contributed by atoms with Gasteiger partial charge in [0.05, 0.1) is 17.9 Å². The van der Waals surface area contributed by atoms with Crippen LogP contribution in [0.25, 0.3) is 22.2 Å². The van der Waals surface area contributed by atoms with Crippen LogP contribution in [0.5, 0.6) is 5.75 Å². The number of esters is 1.